The van der Waals surface area contributed by atoms with E-state index in [0.29, 0.717) is 12.8 Å². The Morgan fingerprint density at radius 3 is 2.50 bits per heavy atom. The molecule has 18 heavy (non-hydrogen) atoms. The zero-order chi connectivity index (χ0) is 13.3. The fourth-order valence-electron chi connectivity index (χ4n) is 2.28. The zero-order valence-corrected chi connectivity index (χ0v) is 10.6. The molecule has 1 amide bonds. The topological polar surface area (TPSA) is 101 Å². The molecule has 2 rings (SSSR count). The predicted molar refractivity (Wildman–Crippen MR) is 60.8 cm³/mol. The molecule has 0 radical (unpaired) electrons. The van der Waals surface area contributed by atoms with Crippen LogP contribution in [0.15, 0.2) is 0 Å². The highest BCUT2D eigenvalue weighted by Crippen LogP contribution is 2.21. The van der Waals surface area contributed by atoms with Crippen molar-refractivity contribution in [3.05, 3.63) is 0 Å². The summed E-state index contributed by atoms with van der Waals surface area (Å²) < 4.78 is 27.5. The molecule has 2 saturated heterocycles. The number of hydrogen-bond donors (Lipinski definition) is 1. The van der Waals surface area contributed by atoms with Crippen molar-refractivity contribution in [3.8, 4) is 0 Å². The molecule has 7 nitrogen and oxygen atoms in total. The second-order valence-electron chi connectivity index (χ2n) is 4.57. The van der Waals surface area contributed by atoms with E-state index in [9.17, 15) is 18.0 Å². The lowest BCUT2D eigenvalue weighted by molar-refractivity contribution is -0.167. The first kappa shape index (κ1) is 13.3. The number of nitrogens with zero attached hydrogens (tertiary/aromatic N) is 1. The molecular formula is C10H15NO6S. The van der Waals surface area contributed by atoms with Crippen molar-refractivity contribution in [1.29, 1.82) is 0 Å². The summed E-state index contributed by atoms with van der Waals surface area (Å²) in [5, 5.41) is 8.86. The minimum atomic E-state index is -2.99. The van der Waals surface area contributed by atoms with Gasteiger partial charge in [0.1, 0.15) is 16.4 Å². The molecule has 2 heterocycles. The van der Waals surface area contributed by atoms with E-state index in [1.807, 2.05) is 0 Å². The summed E-state index contributed by atoms with van der Waals surface area (Å²) >= 11 is 0. The average molecular weight is 277 g/mol. The van der Waals surface area contributed by atoms with Gasteiger partial charge in [-0.1, -0.05) is 0 Å². The van der Waals surface area contributed by atoms with Crippen molar-refractivity contribution in [2.45, 2.75) is 25.0 Å². The normalized spacial score (nSPS) is 29.2. The van der Waals surface area contributed by atoms with Crippen molar-refractivity contribution in [1.82, 2.24) is 4.90 Å². The number of rotatable bonds is 2. The lowest BCUT2D eigenvalue weighted by Crippen LogP contribution is -2.55. The number of hydrogen-bond acceptors (Lipinski definition) is 5. The van der Waals surface area contributed by atoms with Crippen LogP contribution in [0.4, 0.5) is 0 Å². The van der Waals surface area contributed by atoms with E-state index in [-0.39, 0.29) is 36.6 Å². The molecule has 0 bridgehead atoms. The molecule has 0 spiro atoms. The number of carbonyl (C=O) groups excluding carboxylic acids is 1. The van der Waals surface area contributed by atoms with Gasteiger partial charge in [0.05, 0.1) is 18.1 Å². The van der Waals surface area contributed by atoms with Crippen molar-refractivity contribution < 1.29 is 27.9 Å². The Morgan fingerprint density at radius 1 is 1.33 bits per heavy atom. The van der Waals surface area contributed by atoms with Crippen LogP contribution < -0.4 is 0 Å². The summed E-state index contributed by atoms with van der Waals surface area (Å²) in [6.07, 6.45) is -0.262. The third kappa shape index (κ3) is 2.81. The fourth-order valence-corrected chi connectivity index (χ4v) is 3.75. The number of sulfone groups is 1. The number of aliphatic carboxylic acids is 1. The molecule has 1 atom stereocenters. The Morgan fingerprint density at radius 2 is 1.94 bits per heavy atom. The van der Waals surface area contributed by atoms with E-state index in [2.05, 4.69) is 0 Å². The summed E-state index contributed by atoms with van der Waals surface area (Å²) in [5.41, 5.74) is 0. The smallest absolute Gasteiger partial charge is 0.334 e. The lowest BCUT2D eigenvalue weighted by atomic mass is 10.1. The monoisotopic (exact) mass is 277 g/mol. The maximum atomic E-state index is 11.7. The SMILES string of the molecule is O=C(O)C1CN(C2CCS(=O)(=O)CC2)C(=O)CO1. The van der Waals surface area contributed by atoms with Crippen molar-refractivity contribution in [2.24, 2.45) is 0 Å². The molecule has 0 aromatic heterocycles. The second kappa shape index (κ2) is 4.85. The summed E-state index contributed by atoms with van der Waals surface area (Å²) in [7, 11) is -2.99. The Balaban J connectivity index is 2.03. The van der Waals surface area contributed by atoms with Gasteiger partial charge >= 0.3 is 5.97 Å². The number of carbonyl (C=O) groups is 2. The third-order valence-electron chi connectivity index (χ3n) is 3.33. The van der Waals surface area contributed by atoms with Gasteiger partial charge in [-0.25, -0.2) is 13.2 Å². The van der Waals surface area contributed by atoms with Gasteiger partial charge in [0.15, 0.2) is 6.10 Å². The van der Waals surface area contributed by atoms with E-state index in [0.717, 1.165) is 0 Å². The molecule has 0 aliphatic carbocycles. The summed E-state index contributed by atoms with van der Waals surface area (Å²) in [5.74, 6) is -1.26. The first-order valence-electron chi connectivity index (χ1n) is 5.73. The predicted octanol–water partition coefficient (Wildman–Crippen LogP) is -1.12. The molecule has 2 aliphatic rings. The van der Waals surface area contributed by atoms with Gasteiger partial charge in [0.25, 0.3) is 0 Å². The standard InChI is InChI=1S/C10H15NO6S/c12-9-6-17-8(10(13)14)5-11(9)7-1-3-18(15,16)4-2-7/h7-8H,1-6H2,(H,13,14). The highest BCUT2D eigenvalue weighted by molar-refractivity contribution is 7.91. The summed E-state index contributed by atoms with van der Waals surface area (Å²) in [4.78, 5) is 24.0. The largest absolute Gasteiger partial charge is 0.479 e. The van der Waals surface area contributed by atoms with Gasteiger partial charge in [-0.15, -0.1) is 0 Å². The molecule has 102 valence electrons. The zero-order valence-electron chi connectivity index (χ0n) is 9.74. The van der Waals surface area contributed by atoms with Gasteiger partial charge in [0, 0.05) is 6.04 Å². The molecule has 8 heteroatoms. The average Bonchev–Trinajstić information content (AvgIpc) is 2.30. The van der Waals surface area contributed by atoms with Crippen LogP contribution in [0.5, 0.6) is 0 Å². The van der Waals surface area contributed by atoms with Gasteiger partial charge in [0.2, 0.25) is 5.91 Å². The fraction of sp³-hybridized carbons (Fsp3) is 0.800. The van der Waals surface area contributed by atoms with Gasteiger partial charge in [-0.3, -0.25) is 4.79 Å². The molecule has 2 fully saturated rings. The van der Waals surface area contributed by atoms with Crippen LogP contribution in [0.3, 0.4) is 0 Å². The van der Waals surface area contributed by atoms with Crippen LogP contribution in [0.25, 0.3) is 0 Å². The minimum Gasteiger partial charge on any atom is -0.479 e. The first-order chi connectivity index (χ1) is 8.39. The third-order valence-corrected chi connectivity index (χ3v) is 5.05. The van der Waals surface area contributed by atoms with E-state index >= 15 is 0 Å². The van der Waals surface area contributed by atoms with E-state index < -0.39 is 21.9 Å². The molecule has 0 aromatic carbocycles. The van der Waals surface area contributed by atoms with Crippen LogP contribution >= 0.6 is 0 Å². The van der Waals surface area contributed by atoms with E-state index in [1.165, 1.54) is 4.90 Å². The Hall–Kier alpha value is -1.15. The van der Waals surface area contributed by atoms with Crippen molar-refractivity contribution in [2.75, 3.05) is 24.7 Å². The summed E-state index contributed by atoms with van der Waals surface area (Å²) in [6, 6.07) is -0.188. The van der Waals surface area contributed by atoms with Crippen molar-refractivity contribution >= 4 is 21.7 Å². The molecule has 0 saturated carbocycles. The maximum Gasteiger partial charge on any atom is 0.334 e. The van der Waals surface area contributed by atoms with Crippen LogP contribution in [0.2, 0.25) is 0 Å². The van der Waals surface area contributed by atoms with Crippen LogP contribution in [0.1, 0.15) is 12.8 Å². The van der Waals surface area contributed by atoms with Crippen LogP contribution in [0, 0.1) is 0 Å². The molecule has 0 aromatic rings. The highest BCUT2D eigenvalue weighted by Gasteiger charge is 2.37. The lowest BCUT2D eigenvalue weighted by Gasteiger charge is -2.38. The first-order valence-corrected chi connectivity index (χ1v) is 7.55. The quantitative estimate of drug-likeness (QED) is 0.686. The maximum absolute atomic E-state index is 11.7. The highest BCUT2D eigenvalue weighted by atomic mass is 32.2. The Kier molecular flexibility index (Phi) is 3.58. The van der Waals surface area contributed by atoms with E-state index in [1.54, 1.807) is 0 Å². The Labute approximate surface area is 105 Å². The van der Waals surface area contributed by atoms with Gasteiger partial charge in [-0.05, 0) is 12.8 Å². The molecule has 1 unspecified atom stereocenters. The van der Waals surface area contributed by atoms with E-state index in [4.69, 9.17) is 9.84 Å². The minimum absolute atomic E-state index is 0.00111. The van der Waals surface area contributed by atoms with Gasteiger partial charge < -0.3 is 14.7 Å². The molecule has 1 N–H and O–H groups in total. The number of amides is 1. The number of carboxylic acids is 1. The van der Waals surface area contributed by atoms with Crippen LogP contribution in [-0.4, -0.2) is 67.1 Å². The summed E-state index contributed by atoms with van der Waals surface area (Å²) in [6.45, 7) is -0.251. The number of ether oxygens (including phenoxy) is 1. The second-order valence-corrected chi connectivity index (χ2v) is 6.87. The van der Waals surface area contributed by atoms with Crippen LogP contribution in [-0.2, 0) is 24.2 Å². The number of morpholine rings is 1. The van der Waals surface area contributed by atoms with Gasteiger partial charge in [-0.2, -0.15) is 0 Å². The van der Waals surface area contributed by atoms with Crippen molar-refractivity contribution in [3.63, 3.8) is 0 Å². The molecule has 2 aliphatic heterocycles. The molecular weight excluding hydrogens is 262 g/mol. The number of carboxylic acid groups (broad SMARTS) is 1. The Bertz CT molecular complexity index is 445.